The molecule has 124 valence electrons. The van der Waals surface area contributed by atoms with Crippen molar-refractivity contribution in [3.63, 3.8) is 0 Å². The number of benzene rings is 1. The fraction of sp³-hybridized carbons (Fsp3) is 0.533. The molecule has 1 atom stereocenters. The van der Waals surface area contributed by atoms with Gasteiger partial charge in [0.2, 0.25) is 0 Å². The standard InChI is InChI=1S/C15H24NO5P/c1-15(2,3)12-5-4-10(6-7-22(19,20)21)11(8-12)9-13(16)14(17)18/h4-5,8,13H,6-7,9,16H2,1-3H3,(H,17,18)(H2,19,20,21)/t13-/m0/s1. The average Bonchev–Trinajstić information content (AvgIpc) is 2.34. The molecule has 0 heterocycles. The minimum absolute atomic E-state index is 0.107. The van der Waals surface area contributed by atoms with Crippen molar-refractivity contribution in [2.24, 2.45) is 5.73 Å². The van der Waals surface area contributed by atoms with Crippen LogP contribution in [-0.2, 0) is 27.6 Å². The van der Waals surface area contributed by atoms with E-state index in [1.165, 1.54) is 0 Å². The Kier molecular flexibility index (Phi) is 5.93. The monoisotopic (exact) mass is 329 g/mol. The molecule has 0 fully saturated rings. The number of carboxylic acid groups (broad SMARTS) is 1. The van der Waals surface area contributed by atoms with Crippen LogP contribution in [0.3, 0.4) is 0 Å². The van der Waals surface area contributed by atoms with Crippen LogP contribution >= 0.6 is 7.60 Å². The lowest BCUT2D eigenvalue weighted by molar-refractivity contribution is -0.138. The Morgan fingerprint density at radius 1 is 1.27 bits per heavy atom. The molecule has 0 radical (unpaired) electrons. The van der Waals surface area contributed by atoms with Gasteiger partial charge in [0.25, 0.3) is 0 Å². The molecule has 0 amide bonds. The van der Waals surface area contributed by atoms with Gasteiger partial charge in [-0.15, -0.1) is 0 Å². The fourth-order valence-corrected chi connectivity index (χ4v) is 2.65. The lowest BCUT2D eigenvalue weighted by Gasteiger charge is -2.22. The molecule has 0 saturated heterocycles. The Balaban J connectivity index is 3.13. The van der Waals surface area contributed by atoms with E-state index in [-0.39, 0.29) is 24.4 Å². The highest BCUT2D eigenvalue weighted by Gasteiger charge is 2.20. The summed E-state index contributed by atoms with van der Waals surface area (Å²) in [5.41, 5.74) is 7.99. The van der Waals surface area contributed by atoms with Crippen LogP contribution in [0.1, 0.15) is 37.5 Å². The van der Waals surface area contributed by atoms with E-state index < -0.39 is 19.6 Å². The third kappa shape index (κ3) is 5.89. The summed E-state index contributed by atoms with van der Waals surface area (Å²) >= 11 is 0. The molecule has 22 heavy (non-hydrogen) atoms. The zero-order chi connectivity index (χ0) is 17.1. The first-order valence-corrected chi connectivity index (χ1v) is 8.85. The van der Waals surface area contributed by atoms with E-state index in [1.807, 2.05) is 32.9 Å². The Hall–Kier alpha value is -1.20. The van der Waals surface area contributed by atoms with E-state index in [2.05, 4.69) is 0 Å². The summed E-state index contributed by atoms with van der Waals surface area (Å²) in [4.78, 5) is 29.0. The molecule has 1 aromatic rings. The summed E-state index contributed by atoms with van der Waals surface area (Å²) in [5, 5.41) is 8.97. The van der Waals surface area contributed by atoms with Gasteiger partial charge < -0.3 is 20.6 Å². The number of nitrogens with two attached hydrogens (primary N) is 1. The van der Waals surface area contributed by atoms with Crippen molar-refractivity contribution < 1.29 is 24.3 Å². The van der Waals surface area contributed by atoms with Crippen LogP contribution in [0.2, 0.25) is 0 Å². The molecular formula is C15H24NO5P. The molecule has 7 heteroatoms. The predicted octanol–water partition coefficient (Wildman–Crippen LogP) is 1.66. The Morgan fingerprint density at radius 3 is 2.32 bits per heavy atom. The third-order valence-electron chi connectivity index (χ3n) is 3.50. The summed E-state index contributed by atoms with van der Waals surface area (Å²) in [6, 6.07) is 4.56. The molecule has 1 aromatic carbocycles. The normalized spacial score (nSPS) is 13.9. The van der Waals surface area contributed by atoms with E-state index in [0.29, 0.717) is 0 Å². The van der Waals surface area contributed by atoms with Crippen LogP contribution in [0.4, 0.5) is 0 Å². The van der Waals surface area contributed by atoms with Crippen molar-refractivity contribution in [3.8, 4) is 0 Å². The molecule has 0 aromatic heterocycles. The molecule has 0 unspecified atom stereocenters. The fourth-order valence-electron chi connectivity index (χ4n) is 2.12. The highest BCUT2D eigenvalue weighted by Crippen LogP contribution is 2.35. The van der Waals surface area contributed by atoms with Gasteiger partial charge in [0.1, 0.15) is 6.04 Å². The van der Waals surface area contributed by atoms with Crippen molar-refractivity contribution in [3.05, 3.63) is 34.9 Å². The summed E-state index contributed by atoms with van der Waals surface area (Å²) < 4.78 is 11.0. The summed E-state index contributed by atoms with van der Waals surface area (Å²) in [6.45, 7) is 6.12. The first kappa shape index (κ1) is 18.8. The van der Waals surface area contributed by atoms with Crippen molar-refractivity contribution >= 4 is 13.6 Å². The van der Waals surface area contributed by atoms with Crippen LogP contribution in [0.5, 0.6) is 0 Å². The number of aliphatic carboxylic acids is 1. The van der Waals surface area contributed by atoms with Gasteiger partial charge in [0.05, 0.1) is 6.16 Å². The molecule has 6 nitrogen and oxygen atoms in total. The van der Waals surface area contributed by atoms with Gasteiger partial charge in [-0.25, -0.2) is 0 Å². The molecule has 5 N–H and O–H groups in total. The second kappa shape index (κ2) is 6.92. The van der Waals surface area contributed by atoms with Crippen LogP contribution in [-0.4, -0.2) is 33.1 Å². The van der Waals surface area contributed by atoms with Crippen LogP contribution in [0.25, 0.3) is 0 Å². The van der Waals surface area contributed by atoms with Gasteiger partial charge in [-0.1, -0.05) is 39.0 Å². The van der Waals surface area contributed by atoms with E-state index >= 15 is 0 Å². The number of carboxylic acids is 1. The average molecular weight is 329 g/mol. The molecule has 1 rings (SSSR count). The summed E-state index contributed by atoms with van der Waals surface area (Å²) in [5.74, 6) is -1.10. The SMILES string of the molecule is CC(C)(C)c1ccc(CCP(=O)(O)O)c(C[C@H](N)C(=O)O)c1. The van der Waals surface area contributed by atoms with Crippen LogP contribution in [0.15, 0.2) is 18.2 Å². The molecule has 0 aliphatic heterocycles. The third-order valence-corrected chi connectivity index (χ3v) is 4.31. The van der Waals surface area contributed by atoms with Crippen LogP contribution < -0.4 is 5.73 Å². The predicted molar refractivity (Wildman–Crippen MR) is 85.1 cm³/mol. The van der Waals surface area contributed by atoms with Gasteiger partial charge in [0.15, 0.2) is 0 Å². The van der Waals surface area contributed by atoms with Crippen LogP contribution in [0, 0.1) is 0 Å². The van der Waals surface area contributed by atoms with Gasteiger partial charge in [-0.3, -0.25) is 9.36 Å². The zero-order valence-electron chi connectivity index (χ0n) is 13.1. The minimum Gasteiger partial charge on any atom is -0.480 e. The smallest absolute Gasteiger partial charge is 0.325 e. The first-order chi connectivity index (χ1) is 9.90. The first-order valence-electron chi connectivity index (χ1n) is 7.05. The zero-order valence-corrected chi connectivity index (χ0v) is 14.0. The maximum absolute atomic E-state index is 11.0. The Labute approximate surface area is 130 Å². The maximum atomic E-state index is 11.0. The summed E-state index contributed by atoms with van der Waals surface area (Å²) in [6.07, 6.45) is 0.0588. The van der Waals surface area contributed by atoms with E-state index in [1.54, 1.807) is 6.07 Å². The largest absolute Gasteiger partial charge is 0.480 e. The lowest BCUT2D eigenvalue weighted by atomic mass is 9.84. The van der Waals surface area contributed by atoms with E-state index in [9.17, 15) is 9.36 Å². The molecule has 0 aliphatic carbocycles. The topological polar surface area (TPSA) is 121 Å². The van der Waals surface area contributed by atoms with E-state index in [0.717, 1.165) is 16.7 Å². The molecular weight excluding hydrogens is 305 g/mol. The van der Waals surface area contributed by atoms with Gasteiger partial charge >= 0.3 is 13.6 Å². The second-order valence-electron chi connectivity index (χ2n) is 6.52. The Morgan fingerprint density at radius 2 is 1.86 bits per heavy atom. The molecule has 0 bridgehead atoms. The van der Waals surface area contributed by atoms with E-state index in [4.69, 9.17) is 20.6 Å². The molecule has 0 spiro atoms. The van der Waals surface area contributed by atoms with Crippen molar-refractivity contribution in [1.29, 1.82) is 0 Å². The highest BCUT2D eigenvalue weighted by molar-refractivity contribution is 7.51. The number of rotatable bonds is 6. The van der Waals surface area contributed by atoms with Crippen molar-refractivity contribution in [2.45, 2.75) is 45.1 Å². The van der Waals surface area contributed by atoms with Gasteiger partial charge in [-0.05, 0) is 34.9 Å². The number of hydrogen-bond acceptors (Lipinski definition) is 3. The number of aryl methyl sites for hydroxylation is 1. The maximum Gasteiger partial charge on any atom is 0.325 e. The quantitative estimate of drug-likeness (QED) is 0.589. The second-order valence-corrected chi connectivity index (χ2v) is 8.30. The van der Waals surface area contributed by atoms with Crippen molar-refractivity contribution in [2.75, 3.05) is 6.16 Å². The number of hydrogen-bond donors (Lipinski definition) is 4. The highest BCUT2D eigenvalue weighted by atomic mass is 31.2. The summed E-state index contributed by atoms with van der Waals surface area (Å²) in [7, 11) is -4.10. The van der Waals surface area contributed by atoms with Crippen molar-refractivity contribution in [1.82, 2.24) is 0 Å². The number of carbonyl (C=O) groups is 1. The minimum atomic E-state index is -4.10. The molecule has 0 saturated carbocycles. The van der Waals surface area contributed by atoms with Gasteiger partial charge in [0, 0.05) is 0 Å². The van der Waals surface area contributed by atoms with Gasteiger partial charge in [-0.2, -0.15) is 0 Å². The Bertz CT molecular complexity index is 588. The lowest BCUT2D eigenvalue weighted by Crippen LogP contribution is -2.32. The molecule has 0 aliphatic rings.